The van der Waals surface area contributed by atoms with E-state index in [-0.39, 0.29) is 18.6 Å². The number of methoxy groups -OCH3 is 1. The van der Waals surface area contributed by atoms with E-state index in [0.29, 0.717) is 17.1 Å². The molecule has 0 saturated carbocycles. The Bertz CT molecular complexity index is 985. The number of amides is 2. The fraction of sp³-hybridized carbons (Fsp3) is 0.250. The third kappa shape index (κ3) is 4.07. The van der Waals surface area contributed by atoms with E-state index in [4.69, 9.17) is 15.2 Å². The van der Waals surface area contributed by atoms with Crippen molar-refractivity contribution < 1.29 is 19.1 Å². The second kappa shape index (κ2) is 8.26. The number of primary amides is 1. The van der Waals surface area contributed by atoms with Gasteiger partial charge in [-0.2, -0.15) is 0 Å². The highest BCUT2D eigenvalue weighted by Crippen LogP contribution is 2.32. The molecule has 2 aromatic carbocycles. The first-order valence-corrected chi connectivity index (χ1v) is 9.44. The van der Waals surface area contributed by atoms with Crippen molar-refractivity contribution in [1.29, 1.82) is 0 Å². The number of nitrogens with two attached hydrogens (primary N) is 1. The van der Waals surface area contributed by atoms with E-state index in [1.54, 1.807) is 41.5 Å². The van der Waals surface area contributed by atoms with Gasteiger partial charge in [0.2, 0.25) is 0 Å². The second-order valence-corrected chi connectivity index (χ2v) is 7.29. The van der Waals surface area contributed by atoms with E-state index < -0.39 is 5.91 Å². The van der Waals surface area contributed by atoms with Crippen LogP contribution in [0.15, 0.2) is 42.5 Å². The number of thiazole rings is 1. The highest BCUT2D eigenvalue weighted by molar-refractivity contribution is 7.18. The van der Waals surface area contributed by atoms with Gasteiger partial charge < -0.3 is 20.1 Å². The molecule has 8 heteroatoms. The van der Waals surface area contributed by atoms with Crippen molar-refractivity contribution in [3.63, 3.8) is 0 Å². The third-order valence-corrected chi connectivity index (χ3v) is 5.56. The second-order valence-electron chi connectivity index (χ2n) is 6.23. The molecular weight excluding hydrogens is 378 g/mol. The summed E-state index contributed by atoms with van der Waals surface area (Å²) in [6.45, 7) is 1.68. The minimum Gasteiger partial charge on any atom is -0.493 e. The van der Waals surface area contributed by atoms with Gasteiger partial charge >= 0.3 is 0 Å². The Hall–Kier alpha value is -3.13. The zero-order valence-electron chi connectivity index (χ0n) is 15.8. The lowest BCUT2D eigenvalue weighted by Crippen LogP contribution is -2.29. The number of carbonyl (C=O) groups excluding carboxylic acids is 2. The van der Waals surface area contributed by atoms with Gasteiger partial charge in [-0.3, -0.25) is 9.59 Å². The molecule has 0 saturated heterocycles. The number of fused-ring (bicyclic) bond motifs is 1. The van der Waals surface area contributed by atoms with Crippen LogP contribution in [0.4, 0.5) is 0 Å². The molecular formula is C20H21N3O4S. The van der Waals surface area contributed by atoms with Crippen LogP contribution in [0.3, 0.4) is 0 Å². The number of aromatic nitrogens is 1. The summed E-state index contributed by atoms with van der Waals surface area (Å²) in [5, 5.41) is 0.866. The summed E-state index contributed by atoms with van der Waals surface area (Å²) < 4.78 is 11.7. The molecule has 0 radical (unpaired) electrons. The highest BCUT2D eigenvalue weighted by atomic mass is 32.1. The topological polar surface area (TPSA) is 94.8 Å². The number of benzene rings is 2. The summed E-state index contributed by atoms with van der Waals surface area (Å²) in [7, 11) is 3.21. The number of hydrogen-bond donors (Lipinski definition) is 1. The smallest absolute Gasteiger partial charge is 0.255 e. The first kappa shape index (κ1) is 19.6. The fourth-order valence-electron chi connectivity index (χ4n) is 2.68. The first-order valence-electron chi connectivity index (χ1n) is 8.62. The highest BCUT2D eigenvalue weighted by Gasteiger charge is 2.23. The lowest BCUT2D eigenvalue weighted by molar-refractivity contribution is -0.119. The maximum Gasteiger partial charge on any atom is 0.255 e. The van der Waals surface area contributed by atoms with E-state index in [1.165, 1.54) is 7.11 Å². The Morgan fingerprint density at radius 1 is 1.21 bits per heavy atom. The summed E-state index contributed by atoms with van der Waals surface area (Å²) in [4.78, 5) is 30.1. The Balaban J connectivity index is 1.80. The predicted molar refractivity (Wildman–Crippen MR) is 108 cm³/mol. The SMILES string of the molecule is COc1cc(C(=O)N(C)[C@H](C)c2nc3ccccc3s2)ccc1OCC(N)=O. The molecule has 1 heterocycles. The number of carbonyl (C=O) groups is 2. The summed E-state index contributed by atoms with van der Waals surface area (Å²) in [6, 6.07) is 12.5. The third-order valence-electron chi connectivity index (χ3n) is 4.35. The van der Waals surface area contributed by atoms with Gasteiger partial charge in [-0.1, -0.05) is 12.1 Å². The quantitative estimate of drug-likeness (QED) is 0.659. The van der Waals surface area contributed by atoms with E-state index in [1.807, 2.05) is 31.2 Å². The molecule has 0 aliphatic rings. The van der Waals surface area contributed by atoms with Gasteiger partial charge in [0.15, 0.2) is 18.1 Å². The van der Waals surface area contributed by atoms with Crippen molar-refractivity contribution >= 4 is 33.4 Å². The molecule has 1 atom stereocenters. The molecule has 28 heavy (non-hydrogen) atoms. The zero-order valence-corrected chi connectivity index (χ0v) is 16.7. The maximum atomic E-state index is 13.0. The molecule has 7 nitrogen and oxygen atoms in total. The summed E-state index contributed by atoms with van der Waals surface area (Å²) >= 11 is 1.57. The summed E-state index contributed by atoms with van der Waals surface area (Å²) in [5.74, 6) is -0.0639. The van der Waals surface area contributed by atoms with Gasteiger partial charge in [0.05, 0.1) is 23.4 Å². The number of hydrogen-bond acceptors (Lipinski definition) is 6. The number of ether oxygens (including phenoxy) is 2. The molecule has 1 aromatic heterocycles. The van der Waals surface area contributed by atoms with Gasteiger partial charge in [-0.15, -0.1) is 11.3 Å². The number of rotatable bonds is 7. The normalized spacial score (nSPS) is 11.8. The molecule has 0 aliphatic carbocycles. The summed E-state index contributed by atoms with van der Waals surface area (Å²) in [6.07, 6.45) is 0. The van der Waals surface area contributed by atoms with E-state index in [0.717, 1.165) is 15.2 Å². The molecule has 0 spiro atoms. The van der Waals surface area contributed by atoms with Gasteiger partial charge in [-0.25, -0.2) is 4.98 Å². The Morgan fingerprint density at radius 3 is 2.64 bits per heavy atom. The minimum atomic E-state index is -0.591. The van der Waals surface area contributed by atoms with Crippen LogP contribution in [0.2, 0.25) is 0 Å². The Labute approximate surface area is 166 Å². The standard InChI is InChI=1S/C20H21N3O4S/c1-12(19-22-14-6-4-5-7-17(14)28-19)23(2)20(25)13-8-9-15(16(10-13)26-3)27-11-18(21)24/h4-10,12H,11H2,1-3H3,(H2,21,24)/t12-/m1/s1. The first-order chi connectivity index (χ1) is 13.4. The monoisotopic (exact) mass is 399 g/mol. The van der Waals surface area contributed by atoms with Crippen molar-refractivity contribution in [3.05, 3.63) is 53.0 Å². The van der Waals surface area contributed by atoms with E-state index >= 15 is 0 Å². The molecule has 0 aliphatic heterocycles. The van der Waals surface area contributed by atoms with Crippen LogP contribution in [0.25, 0.3) is 10.2 Å². The van der Waals surface area contributed by atoms with Gasteiger partial charge in [0, 0.05) is 12.6 Å². The fourth-order valence-corrected chi connectivity index (χ4v) is 3.75. The molecule has 2 amide bonds. The Kier molecular flexibility index (Phi) is 5.79. The van der Waals surface area contributed by atoms with Crippen LogP contribution in [-0.4, -0.2) is 42.5 Å². The van der Waals surface area contributed by atoms with Crippen LogP contribution in [0, 0.1) is 0 Å². The van der Waals surface area contributed by atoms with Crippen LogP contribution >= 0.6 is 11.3 Å². The number of para-hydroxylation sites is 1. The van der Waals surface area contributed by atoms with Crippen molar-refractivity contribution in [3.8, 4) is 11.5 Å². The molecule has 0 fully saturated rings. The van der Waals surface area contributed by atoms with Crippen LogP contribution in [0.5, 0.6) is 11.5 Å². The van der Waals surface area contributed by atoms with Crippen LogP contribution in [0.1, 0.15) is 28.3 Å². The van der Waals surface area contributed by atoms with Gasteiger partial charge in [0.1, 0.15) is 5.01 Å². The average molecular weight is 399 g/mol. The lowest BCUT2D eigenvalue weighted by Gasteiger charge is -2.23. The molecule has 0 bridgehead atoms. The van der Waals surface area contributed by atoms with Crippen molar-refractivity contribution in [2.75, 3.05) is 20.8 Å². The number of nitrogens with zero attached hydrogens (tertiary/aromatic N) is 2. The van der Waals surface area contributed by atoms with Crippen molar-refractivity contribution in [1.82, 2.24) is 9.88 Å². The van der Waals surface area contributed by atoms with Crippen LogP contribution in [-0.2, 0) is 4.79 Å². The maximum absolute atomic E-state index is 13.0. The van der Waals surface area contributed by atoms with Crippen molar-refractivity contribution in [2.45, 2.75) is 13.0 Å². The van der Waals surface area contributed by atoms with E-state index in [2.05, 4.69) is 4.98 Å². The summed E-state index contributed by atoms with van der Waals surface area (Å²) in [5.41, 5.74) is 6.46. The minimum absolute atomic E-state index is 0.175. The van der Waals surface area contributed by atoms with Gasteiger partial charge in [0.25, 0.3) is 11.8 Å². The van der Waals surface area contributed by atoms with E-state index in [9.17, 15) is 9.59 Å². The van der Waals surface area contributed by atoms with Crippen molar-refractivity contribution in [2.24, 2.45) is 5.73 Å². The molecule has 146 valence electrons. The lowest BCUT2D eigenvalue weighted by atomic mass is 10.1. The molecule has 3 aromatic rings. The molecule has 0 unspecified atom stereocenters. The largest absolute Gasteiger partial charge is 0.493 e. The van der Waals surface area contributed by atoms with Gasteiger partial charge in [-0.05, 0) is 37.3 Å². The predicted octanol–water partition coefficient (Wildman–Crippen LogP) is 3.00. The van der Waals surface area contributed by atoms with Crippen LogP contribution < -0.4 is 15.2 Å². The molecule has 3 rings (SSSR count). The molecule has 2 N–H and O–H groups in total. The average Bonchev–Trinajstić information content (AvgIpc) is 3.14. The zero-order chi connectivity index (χ0) is 20.3. The Morgan fingerprint density at radius 2 is 1.96 bits per heavy atom.